The Balaban J connectivity index is 1.90. The van der Waals surface area contributed by atoms with Gasteiger partial charge in [0.05, 0.1) is 6.10 Å². The van der Waals surface area contributed by atoms with Crippen LogP contribution in [0.2, 0.25) is 0 Å². The average Bonchev–Trinajstić information content (AvgIpc) is 2.65. The monoisotopic (exact) mass is 225 g/mol. The topological polar surface area (TPSA) is 23.5 Å². The highest BCUT2D eigenvalue weighted by Gasteiger charge is 2.22. The molecule has 1 aliphatic rings. The molecule has 2 rings (SSSR count). The number of hydrogen-bond acceptors (Lipinski definition) is 2. The lowest BCUT2D eigenvalue weighted by Crippen LogP contribution is -2.26. The first-order chi connectivity index (χ1) is 7.25. The predicted molar refractivity (Wildman–Crippen MR) is 62.1 cm³/mol. The molecule has 1 aromatic carbocycles. The number of aliphatic hydroxyl groups excluding tert-OH is 1. The summed E-state index contributed by atoms with van der Waals surface area (Å²) in [5.41, 5.74) is 0.982. The zero-order valence-electron chi connectivity index (χ0n) is 8.64. The van der Waals surface area contributed by atoms with Crippen LogP contribution in [0.25, 0.3) is 0 Å². The van der Waals surface area contributed by atoms with E-state index in [0.29, 0.717) is 6.54 Å². The van der Waals surface area contributed by atoms with E-state index >= 15 is 0 Å². The van der Waals surface area contributed by atoms with E-state index in [1.807, 2.05) is 30.3 Å². The number of likely N-dealkylation sites (tertiary alicyclic amines) is 1. The van der Waals surface area contributed by atoms with Gasteiger partial charge in [-0.15, -0.1) is 11.6 Å². The molecule has 1 heterocycles. The quantitative estimate of drug-likeness (QED) is 0.796. The second-order valence-electron chi connectivity index (χ2n) is 4.07. The summed E-state index contributed by atoms with van der Waals surface area (Å²) in [6, 6.07) is 9.78. The van der Waals surface area contributed by atoms with Gasteiger partial charge in [0.25, 0.3) is 0 Å². The summed E-state index contributed by atoms with van der Waals surface area (Å²) in [5.74, 6) is 0. The Labute approximate surface area is 95.5 Å². The van der Waals surface area contributed by atoms with Crippen LogP contribution in [-0.4, -0.2) is 35.0 Å². The summed E-state index contributed by atoms with van der Waals surface area (Å²) in [6.45, 7) is 2.58. The minimum absolute atomic E-state index is 0.257. The summed E-state index contributed by atoms with van der Waals surface area (Å²) in [7, 11) is 0. The predicted octanol–water partition coefficient (Wildman–Crippen LogP) is 2.03. The number of alkyl halides is 1. The van der Waals surface area contributed by atoms with E-state index in [1.54, 1.807) is 0 Å². The number of β-amino-alcohol motifs (C(OH)–C–C–N with tert-alkyl or cyclic N) is 1. The minimum Gasteiger partial charge on any atom is -0.387 e. The molecule has 1 fully saturated rings. The molecule has 0 spiro atoms. The minimum atomic E-state index is -0.395. The molecule has 1 aliphatic heterocycles. The van der Waals surface area contributed by atoms with E-state index in [9.17, 15) is 5.11 Å². The van der Waals surface area contributed by atoms with Crippen molar-refractivity contribution in [2.24, 2.45) is 0 Å². The lowest BCUT2D eigenvalue weighted by atomic mass is 10.1. The molecule has 0 radical (unpaired) electrons. The van der Waals surface area contributed by atoms with Crippen molar-refractivity contribution in [2.45, 2.75) is 17.9 Å². The lowest BCUT2D eigenvalue weighted by Gasteiger charge is -2.19. The third kappa shape index (κ3) is 2.94. The Morgan fingerprint density at radius 2 is 2.13 bits per heavy atom. The molecular weight excluding hydrogens is 210 g/mol. The van der Waals surface area contributed by atoms with Crippen LogP contribution in [0.3, 0.4) is 0 Å². The summed E-state index contributed by atoms with van der Waals surface area (Å²) < 4.78 is 0. The third-order valence-electron chi connectivity index (χ3n) is 2.83. The van der Waals surface area contributed by atoms with Crippen LogP contribution in [0.1, 0.15) is 18.1 Å². The molecule has 1 saturated heterocycles. The van der Waals surface area contributed by atoms with E-state index < -0.39 is 6.10 Å². The molecule has 0 bridgehead atoms. The van der Waals surface area contributed by atoms with Crippen molar-refractivity contribution in [3.63, 3.8) is 0 Å². The zero-order valence-corrected chi connectivity index (χ0v) is 9.40. The standard InChI is InChI=1S/C12H16ClNO/c13-11-6-7-14(8-11)9-12(15)10-4-2-1-3-5-10/h1-5,11-12,15H,6-9H2/t11-,12+/m0/s1. The maximum absolute atomic E-state index is 9.98. The molecule has 3 heteroatoms. The molecule has 0 unspecified atom stereocenters. The summed E-state index contributed by atoms with van der Waals surface area (Å²) in [4.78, 5) is 2.22. The van der Waals surface area contributed by atoms with Gasteiger partial charge in [0.2, 0.25) is 0 Å². The number of rotatable bonds is 3. The van der Waals surface area contributed by atoms with Gasteiger partial charge in [-0.25, -0.2) is 0 Å². The van der Waals surface area contributed by atoms with Crippen molar-refractivity contribution in [3.8, 4) is 0 Å². The van der Waals surface area contributed by atoms with E-state index in [1.165, 1.54) is 0 Å². The zero-order chi connectivity index (χ0) is 10.7. The molecule has 1 aromatic rings. The van der Waals surface area contributed by atoms with E-state index in [4.69, 9.17) is 11.6 Å². The molecular formula is C12H16ClNO. The van der Waals surface area contributed by atoms with E-state index in [-0.39, 0.29) is 5.38 Å². The lowest BCUT2D eigenvalue weighted by molar-refractivity contribution is 0.126. The Bertz CT molecular complexity index is 304. The highest BCUT2D eigenvalue weighted by molar-refractivity contribution is 6.20. The van der Waals surface area contributed by atoms with Gasteiger partial charge < -0.3 is 5.11 Å². The molecule has 2 atom stereocenters. The number of hydrogen-bond donors (Lipinski definition) is 1. The molecule has 15 heavy (non-hydrogen) atoms. The first kappa shape index (κ1) is 10.9. The van der Waals surface area contributed by atoms with Crippen molar-refractivity contribution in [1.82, 2.24) is 4.90 Å². The first-order valence-corrected chi connectivity index (χ1v) is 5.79. The fraction of sp³-hybridized carbons (Fsp3) is 0.500. The number of nitrogens with zero attached hydrogens (tertiary/aromatic N) is 1. The van der Waals surface area contributed by atoms with Crippen LogP contribution >= 0.6 is 11.6 Å². The summed E-state index contributed by atoms with van der Waals surface area (Å²) >= 11 is 6.01. The van der Waals surface area contributed by atoms with Gasteiger partial charge in [-0.1, -0.05) is 30.3 Å². The molecule has 2 nitrogen and oxygen atoms in total. The molecule has 0 amide bonds. The Hall–Kier alpha value is -0.570. The molecule has 1 N–H and O–H groups in total. The number of aliphatic hydroxyl groups is 1. The van der Waals surface area contributed by atoms with E-state index in [0.717, 1.165) is 25.1 Å². The second-order valence-corrected chi connectivity index (χ2v) is 4.69. The van der Waals surface area contributed by atoms with Gasteiger partial charge in [-0.2, -0.15) is 0 Å². The van der Waals surface area contributed by atoms with Gasteiger partial charge in [0.1, 0.15) is 0 Å². The SMILES string of the molecule is O[C@H](CN1CC[C@H](Cl)C1)c1ccccc1. The molecule has 0 saturated carbocycles. The second kappa shape index (κ2) is 4.97. The van der Waals surface area contributed by atoms with Crippen LogP contribution in [0.5, 0.6) is 0 Å². The fourth-order valence-corrected chi connectivity index (χ4v) is 2.27. The maximum Gasteiger partial charge on any atom is 0.0916 e. The van der Waals surface area contributed by atoms with Crippen molar-refractivity contribution in [2.75, 3.05) is 19.6 Å². The smallest absolute Gasteiger partial charge is 0.0916 e. The maximum atomic E-state index is 9.98. The molecule has 0 aliphatic carbocycles. The first-order valence-electron chi connectivity index (χ1n) is 5.35. The Morgan fingerprint density at radius 1 is 1.40 bits per heavy atom. The van der Waals surface area contributed by atoms with Gasteiger partial charge in [0.15, 0.2) is 0 Å². The Morgan fingerprint density at radius 3 is 2.73 bits per heavy atom. The van der Waals surface area contributed by atoms with Crippen molar-refractivity contribution in [3.05, 3.63) is 35.9 Å². The molecule has 82 valence electrons. The van der Waals surface area contributed by atoms with E-state index in [2.05, 4.69) is 4.90 Å². The Kier molecular flexibility index (Phi) is 3.62. The van der Waals surface area contributed by atoms with Gasteiger partial charge in [0, 0.05) is 18.5 Å². The van der Waals surface area contributed by atoms with Crippen LogP contribution in [-0.2, 0) is 0 Å². The van der Waals surface area contributed by atoms with Crippen LogP contribution in [0.4, 0.5) is 0 Å². The van der Waals surface area contributed by atoms with Crippen molar-refractivity contribution < 1.29 is 5.11 Å². The third-order valence-corrected chi connectivity index (χ3v) is 3.19. The average molecular weight is 226 g/mol. The van der Waals surface area contributed by atoms with Crippen molar-refractivity contribution in [1.29, 1.82) is 0 Å². The van der Waals surface area contributed by atoms with Crippen LogP contribution in [0.15, 0.2) is 30.3 Å². The summed E-state index contributed by atoms with van der Waals surface area (Å²) in [6.07, 6.45) is 0.636. The van der Waals surface area contributed by atoms with Gasteiger partial charge in [-0.05, 0) is 18.5 Å². The summed E-state index contributed by atoms with van der Waals surface area (Å²) in [5, 5.41) is 10.2. The normalized spacial score (nSPS) is 24.3. The highest BCUT2D eigenvalue weighted by atomic mass is 35.5. The number of benzene rings is 1. The highest BCUT2D eigenvalue weighted by Crippen LogP contribution is 2.19. The van der Waals surface area contributed by atoms with Crippen LogP contribution in [0, 0.1) is 0 Å². The van der Waals surface area contributed by atoms with Gasteiger partial charge in [-0.3, -0.25) is 4.90 Å². The van der Waals surface area contributed by atoms with Gasteiger partial charge >= 0.3 is 0 Å². The fourth-order valence-electron chi connectivity index (χ4n) is 1.98. The van der Waals surface area contributed by atoms with Crippen LogP contribution < -0.4 is 0 Å². The number of halogens is 1. The van der Waals surface area contributed by atoms with Crippen molar-refractivity contribution >= 4 is 11.6 Å². The molecule has 0 aromatic heterocycles. The largest absolute Gasteiger partial charge is 0.387 e.